The Morgan fingerprint density at radius 1 is 0.920 bits per heavy atom. The minimum absolute atomic E-state index is 0.0116. The third-order valence-electron chi connectivity index (χ3n) is 4.96. The van der Waals surface area contributed by atoms with E-state index in [1.807, 2.05) is 6.92 Å². The average molecular weight is 353 g/mol. The molecule has 0 rings (SSSR count). The zero-order chi connectivity index (χ0) is 19.1. The van der Waals surface area contributed by atoms with Crippen LogP contribution in [0.1, 0.15) is 92.4 Å². The van der Waals surface area contributed by atoms with Crippen LogP contribution in [0.3, 0.4) is 0 Å². The first-order valence-electron chi connectivity index (χ1n) is 10.5. The number of carbonyl (C=O) groups excluding carboxylic acids is 1. The van der Waals surface area contributed by atoms with E-state index >= 15 is 0 Å². The number of nitrogens with two attached hydrogens (primary N) is 1. The smallest absolute Gasteiger partial charge is 0.243 e. The van der Waals surface area contributed by atoms with Crippen LogP contribution >= 0.6 is 0 Å². The lowest BCUT2D eigenvalue weighted by Crippen LogP contribution is -2.27. The molecule has 0 saturated carbocycles. The van der Waals surface area contributed by atoms with Gasteiger partial charge in [0.2, 0.25) is 5.91 Å². The number of carbonyl (C=O) groups is 1. The average Bonchev–Trinajstić information content (AvgIpc) is 2.52. The first-order chi connectivity index (χ1) is 11.8. The fraction of sp³-hybridized carbons (Fsp3) is 0.864. The van der Waals surface area contributed by atoms with Gasteiger partial charge in [-0.15, -0.1) is 0 Å². The second-order valence-electron chi connectivity index (χ2n) is 8.43. The van der Waals surface area contributed by atoms with Crippen LogP contribution < -0.4 is 11.1 Å². The van der Waals surface area contributed by atoms with Gasteiger partial charge in [-0.05, 0) is 37.5 Å². The molecule has 0 saturated heterocycles. The summed E-state index contributed by atoms with van der Waals surface area (Å²) in [5.74, 6) is 2.50. The van der Waals surface area contributed by atoms with Gasteiger partial charge >= 0.3 is 0 Å². The Bertz CT molecular complexity index is 363. The second-order valence-corrected chi connectivity index (χ2v) is 8.43. The molecule has 1 amide bonds. The summed E-state index contributed by atoms with van der Waals surface area (Å²) in [5, 5.41) is 2.78. The Morgan fingerprint density at radius 2 is 1.44 bits per heavy atom. The van der Waals surface area contributed by atoms with Gasteiger partial charge in [-0.1, -0.05) is 78.2 Å². The molecule has 3 nitrogen and oxygen atoms in total. The van der Waals surface area contributed by atoms with Gasteiger partial charge in [-0.25, -0.2) is 0 Å². The van der Waals surface area contributed by atoms with E-state index in [4.69, 9.17) is 5.73 Å². The van der Waals surface area contributed by atoms with Crippen molar-refractivity contribution >= 4 is 5.91 Å². The third-order valence-corrected chi connectivity index (χ3v) is 4.96. The maximum atomic E-state index is 11.6. The molecule has 0 aromatic carbocycles. The van der Waals surface area contributed by atoms with Crippen molar-refractivity contribution in [2.45, 2.75) is 92.4 Å². The van der Waals surface area contributed by atoms with E-state index in [-0.39, 0.29) is 5.91 Å². The van der Waals surface area contributed by atoms with Crippen molar-refractivity contribution in [2.75, 3.05) is 13.1 Å². The van der Waals surface area contributed by atoms with Crippen LogP contribution in [0.2, 0.25) is 0 Å². The molecule has 0 fully saturated rings. The maximum Gasteiger partial charge on any atom is 0.243 e. The van der Waals surface area contributed by atoms with Crippen molar-refractivity contribution in [1.82, 2.24) is 5.32 Å². The van der Waals surface area contributed by atoms with Gasteiger partial charge < -0.3 is 11.1 Å². The molecule has 0 aliphatic carbocycles. The van der Waals surface area contributed by atoms with Gasteiger partial charge in [0.15, 0.2) is 0 Å². The molecule has 0 radical (unpaired) electrons. The highest BCUT2D eigenvalue weighted by molar-refractivity contribution is 5.88. The van der Waals surface area contributed by atoms with E-state index in [9.17, 15) is 4.79 Å². The number of nitrogens with one attached hydrogen (secondary N) is 1. The molecule has 0 spiro atoms. The summed E-state index contributed by atoms with van der Waals surface area (Å²) in [4.78, 5) is 11.6. The summed E-state index contributed by atoms with van der Waals surface area (Å²) in [6, 6.07) is 0. The minimum atomic E-state index is -0.0116. The van der Waals surface area contributed by atoms with E-state index in [1.54, 1.807) is 6.08 Å². The largest absolute Gasteiger partial charge is 0.351 e. The fourth-order valence-electron chi connectivity index (χ4n) is 3.25. The monoisotopic (exact) mass is 352 g/mol. The van der Waals surface area contributed by atoms with Gasteiger partial charge in [-0.2, -0.15) is 0 Å². The molecule has 0 bridgehead atoms. The molecule has 2 atom stereocenters. The Hall–Kier alpha value is -0.830. The van der Waals surface area contributed by atoms with Gasteiger partial charge in [0, 0.05) is 19.2 Å². The second kappa shape index (κ2) is 15.4. The third kappa shape index (κ3) is 16.4. The molecular weight excluding hydrogens is 308 g/mol. The summed E-state index contributed by atoms with van der Waals surface area (Å²) in [6.45, 7) is 12.5. The SMILES string of the molecule is CC(=CC(=O)NCCN)CCCC(C)CCCC(C)CCCC(C)C. The van der Waals surface area contributed by atoms with Crippen LogP contribution in [-0.2, 0) is 4.79 Å². The molecule has 25 heavy (non-hydrogen) atoms. The summed E-state index contributed by atoms with van der Waals surface area (Å²) in [7, 11) is 0. The molecule has 3 N–H and O–H groups in total. The fourth-order valence-corrected chi connectivity index (χ4v) is 3.25. The summed E-state index contributed by atoms with van der Waals surface area (Å²) in [6.07, 6.45) is 13.4. The quantitative estimate of drug-likeness (QED) is 0.385. The molecule has 0 aromatic rings. The van der Waals surface area contributed by atoms with Crippen LogP contribution in [-0.4, -0.2) is 19.0 Å². The standard InChI is InChI=1S/C22H44N2O/c1-18(2)9-6-10-19(3)11-7-12-20(4)13-8-14-21(5)17-22(25)24-16-15-23/h17-20H,6-16,23H2,1-5H3,(H,24,25). The van der Waals surface area contributed by atoms with E-state index in [1.165, 1.54) is 56.9 Å². The summed E-state index contributed by atoms with van der Waals surface area (Å²) in [5.41, 5.74) is 6.55. The number of hydrogen-bond donors (Lipinski definition) is 2. The predicted octanol–water partition coefficient (Wildman–Crippen LogP) is 5.45. The summed E-state index contributed by atoms with van der Waals surface area (Å²) < 4.78 is 0. The number of rotatable bonds is 15. The molecule has 0 aromatic heterocycles. The number of hydrogen-bond acceptors (Lipinski definition) is 2. The molecule has 0 aliphatic rings. The Labute approximate surface area is 157 Å². The lowest BCUT2D eigenvalue weighted by molar-refractivity contribution is -0.116. The topological polar surface area (TPSA) is 55.1 Å². The molecule has 148 valence electrons. The van der Waals surface area contributed by atoms with E-state index in [2.05, 4.69) is 33.0 Å². The normalized spacial score (nSPS) is 14.6. The van der Waals surface area contributed by atoms with Crippen LogP contribution in [0.15, 0.2) is 11.6 Å². The number of allylic oxidation sites excluding steroid dienone is 1. The van der Waals surface area contributed by atoms with Crippen LogP contribution in [0, 0.1) is 17.8 Å². The van der Waals surface area contributed by atoms with Crippen molar-refractivity contribution in [3.63, 3.8) is 0 Å². The summed E-state index contributed by atoms with van der Waals surface area (Å²) >= 11 is 0. The zero-order valence-electron chi connectivity index (χ0n) is 17.6. The first-order valence-corrected chi connectivity index (χ1v) is 10.5. The Balaban J connectivity index is 3.71. The first kappa shape index (κ1) is 24.2. The number of amides is 1. The van der Waals surface area contributed by atoms with Gasteiger partial charge in [-0.3, -0.25) is 4.79 Å². The molecule has 3 heteroatoms. The highest BCUT2D eigenvalue weighted by Crippen LogP contribution is 2.21. The van der Waals surface area contributed by atoms with Crippen molar-refractivity contribution < 1.29 is 4.79 Å². The predicted molar refractivity (Wildman–Crippen MR) is 111 cm³/mol. The van der Waals surface area contributed by atoms with Gasteiger partial charge in [0.05, 0.1) is 0 Å². The van der Waals surface area contributed by atoms with Crippen molar-refractivity contribution in [3.8, 4) is 0 Å². The molecule has 0 aliphatic heterocycles. The highest BCUT2D eigenvalue weighted by atomic mass is 16.1. The maximum absolute atomic E-state index is 11.6. The Kier molecular flexibility index (Phi) is 14.9. The molecule has 0 heterocycles. The molecule has 2 unspecified atom stereocenters. The Morgan fingerprint density at radius 3 is 1.96 bits per heavy atom. The van der Waals surface area contributed by atoms with Crippen molar-refractivity contribution in [3.05, 3.63) is 11.6 Å². The highest BCUT2D eigenvalue weighted by Gasteiger charge is 2.07. The van der Waals surface area contributed by atoms with Crippen molar-refractivity contribution in [1.29, 1.82) is 0 Å². The lowest BCUT2D eigenvalue weighted by atomic mass is 9.91. The van der Waals surface area contributed by atoms with Gasteiger partial charge in [0.1, 0.15) is 0 Å². The van der Waals surface area contributed by atoms with Gasteiger partial charge in [0.25, 0.3) is 0 Å². The van der Waals surface area contributed by atoms with Crippen molar-refractivity contribution in [2.24, 2.45) is 23.5 Å². The van der Waals surface area contributed by atoms with Crippen LogP contribution in [0.5, 0.6) is 0 Å². The lowest BCUT2D eigenvalue weighted by Gasteiger charge is -2.15. The zero-order valence-corrected chi connectivity index (χ0v) is 17.6. The van der Waals surface area contributed by atoms with E-state index < -0.39 is 0 Å². The van der Waals surface area contributed by atoms with Crippen LogP contribution in [0.25, 0.3) is 0 Å². The van der Waals surface area contributed by atoms with Crippen LogP contribution in [0.4, 0.5) is 0 Å². The van der Waals surface area contributed by atoms with E-state index in [0.717, 1.165) is 24.2 Å². The minimum Gasteiger partial charge on any atom is -0.351 e. The molecular formula is C22H44N2O. The van der Waals surface area contributed by atoms with E-state index in [0.29, 0.717) is 13.1 Å².